The van der Waals surface area contributed by atoms with Gasteiger partial charge in [-0.05, 0) is 24.1 Å². The molecule has 3 heteroatoms. The second-order valence-electron chi connectivity index (χ2n) is 3.08. The highest BCUT2D eigenvalue weighted by atomic mass is 35.5. The quantitative estimate of drug-likeness (QED) is 0.714. The Morgan fingerprint density at radius 2 is 2.23 bits per heavy atom. The molecular weight excluding hydrogens is 202 g/mol. The van der Waals surface area contributed by atoms with Gasteiger partial charge in [-0.1, -0.05) is 12.1 Å². The van der Waals surface area contributed by atoms with E-state index in [0.717, 1.165) is 13.1 Å². The van der Waals surface area contributed by atoms with Gasteiger partial charge in [0.15, 0.2) is 0 Å². The zero-order valence-corrected chi connectivity index (χ0v) is 9.30. The molecule has 1 N–H and O–H groups in total. The molecule has 72 valence electrons. The number of rotatable bonds is 0. The summed E-state index contributed by atoms with van der Waals surface area (Å²) in [4.78, 5) is 1.46. The van der Waals surface area contributed by atoms with Gasteiger partial charge in [-0.15, -0.1) is 24.2 Å². The fourth-order valence-electron chi connectivity index (χ4n) is 1.48. The fourth-order valence-corrected chi connectivity index (χ4v) is 2.53. The number of fused-ring (bicyclic) bond motifs is 1. The molecule has 0 spiro atoms. The van der Waals surface area contributed by atoms with Gasteiger partial charge in [-0.25, -0.2) is 0 Å². The largest absolute Gasteiger partial charge is 0.312 e. The third-order valence-electron chi connectivity index (χ3n) is 2.21. The maximum atomic E-state index is 3.42. The van der Waals surface area contributed by atoms with Crippen molar-refractivity contribution in [1.29, 1.82) is 0 Å². The monoisotopic (exact) mass is 215 g/mol. The van der Waals surface area contributed by atoms with E-state index < -0.39 is 0 Å². The van der Waals surface area contributed by atoms with Crippen LogP contribution in [0.4, 0.5) is 0 Å². The SMILES string of the molecule is Cc1cccc2c1CNCCS2.Cl. The first kappa shape index (κ1) is 10.9. The van der Waals surface area contributed by atoms with Crippen LogP contribution in [0.5, 0.6) is 0 Å². The van der Waals surface area contributed by atoms with Crippen LogP contribution in [0.15, 0.2) is 23.1 Å². The van der Waals surface area contributed by atoms with E-state index in [1.165, 1.54) is 21.8 Å². The third-order valence-corrected chi connectivity index (χ3v) is 3.31. The van der Waals surface area contributed by atoms with Gasteiger partial charge in [0.25, 0.3) is 0 Å². The van der Waals surface area contributed by atoms with Gasteiger partial charge >= 0.3 is 0 Å². The van der Waals surface area contributed by atoms with Crippen molar-refractivity contribution in [3.05, 3.63) is 29.3 Å². The Morgan fingerprint density at radius 3 is 3.08 bits per heavy atom. The van der Waals surface area contributed by atoms with Crippen LogP contribution >= 0.6 is 24.2 Å². The minimum atomic E-state index is 0. The lowest BCUT2D eigenvalue weighted by molar-refractivity contribution is 0.728. The lowest BCUT2D eigenvalue weighted by Gasteiger charge is -2.07. The number of nitrogens with one attached hydrogen (secondary N) is 1. The molecule has 0 radical (unpaired) electrons. The average Bonchev–Trinajstić information content (AvgIpc) is 2.30. The number of halogens is 1. The Morgan fingerprint density at radius 1 is 1.38 bits per heavy atom. The van der Waals surface area contributed by atoms with Crippen LogP contribution in [0.1, 0.15) is 11.1 Å². The summed E-state index contributed by atoms with van der Waals surface area (Å²) in [6.45, 7) is 4.35. The van der Waals surface area contributed by atoms with Crippen molar-refractivity contribution in [2.75, 3.05) is 12.3 Å². The zero-order valence-electron chi connectivity index (χ0n) is 7.67. The number of hydrogen-bond donors (Lipinski definition) is 1. The Balaban J connectivity index is 0.000000845. The van der Waals surface area contributed by atoms with Crippen molar-refractivity contribution >= 4 is 24.2 Å². The smallest absolute Gasteiger partial charge is 0.0219 e. The van der Waals surface area contributed by atoms with E-state index in [-0.39, 0.29) is 12.4 Å². The first-order valence-corrected chi connectivity index (χ1v) is 5.28. The third kappa shape index (κ3) is 2.39. The van der Waals surface area contributed by atoms with E-state index in [9.17, 15) is 0 Å². The van der Waals surface area contributed by atoms with Crippen LogP contribution < -0.4 is 5.32 Å². The molecule has 0 atom stereocenters. The van der Waals surface area contributed by atoms with Crippen LogP contribution in [-0.2, 0) is 6.54 Å². The summed E-state index contributed by atoms with van der Waals surface area (Å²) in [5.74, 6) is 1.19. The van der Waals surface area contributed by atoms with Crippen LogP contribution in [0, 0.1) is 6.92 Å². The molecule has 1 aromatic rings. The highest BCUT2D eigenvalue weighted by Gasteiger charge is 2.08. The predicted molar refractivity (Wildman–Crippen MR) is 60.9 cm³/mol. The number of benzene rings is 1. The topological polar surface area (TPSA) is 12.0 Å². The normalized spacial score (nSPS) is 15.5. The molecule has 1 heterocycles. The summed E-state index contributed by atoms with van der Waals surface area (Å²) in [5, 5.41) is 3.42. The lowest BCUT2D eigenvalue weighted by atomic mass is 10.1. The number of thioether (sulfide) groups is 1. The highest BCUT2D eigenvalue weighted by Crippen LogP contribution is 2.26. The van der Waals surface area contributed by atoms with Gasteiger partial charge in [-0.2, -0.15) is 0 Å². The van der Waals surface area contributed by atoms with Gasteiger partial charge in [0.2, 0.25) is 0 Å². The van der Waals surface area contributed by atoms with Gasteiger partial charge in [0.1, 0.15) is 0 Å². The van der Waals surface area contributed by atoms with Crippen molar-refractivity contribution in [1.82, 2.24) is 5.32 Å². The molecule has 2 rings (SSSR count). The van der Waals surface area contributed by atoms with Crippen molar-refractivity contribution < 1.29 is 0 Å². The molecule has 0 amide bonds. The van der Waals surface area contributed by atoms with Crippen molar-refractivity contribution in [3.8, 4) is 0 Å². The average molecular weight is 216 g/mol. The predicted octanol–water partition coefficient (Wildman–Crippen LogP) is 2.61. The summed E-state index contributed by atoms with van der Waals surface area (Å²) in [7, 11) is 0. The summed E-state index contributed by atoms with van der Waals surface area (Å²) >= 11 is 1.96. The Labute approximate surface area is 89.7 Å². The molecule has 13 heavy (non-hydrogen) atoms. The fraction of sp³-hybridized carbons (Fsp3) is 0.400. The first-order chi connectivity index (χ1) is 5.88. The lowest BCUT2D eigenvalue weighted by Crippen LogP contribution is -2.14. The Bertz CT molecular complexity index is 288. The van der Waals surface area contributed by atoms with Crippen LogP contribution in [0.3, 0.4) is 0 Å². The van der Waals surface area contributed by atoms with E-state index in [2.05, 4.69) is 30.4 Å². The second kappa shape index (κ2) is 4.89. The standard InChI is InChI=1S/C10H13NS.ClH/c1-8-3-2-4-10-9(8)7-11-5-6-12-10;/h2-4,11H,5-7H2,1H3;1H. The molecule has 1 aromatic carbocycles. The minimum Gasteiger partial charge on any atom is -0.312 e. The summed E-state index contributed by atoms with van der Waals surface area (Å²) < 4.78 is 0. The Hall–Kier alpha value is -0.180. The summed E-state index contributed by atoms with van der Waals surface area (Å²) in [6, 6.07) is 6.55. The number of hydrogen-bond acceptors (Lipinski definition) is 2. The van der Waals surface area contributed by atoms with Crippen molar-refractivity contribution in [2.24, 2.45) is 0 Å². The van der Waals surface area contributed by atoms with Crippen LogP contribution in [-0.4, -0.2) is 12.3 Å². The van der Waals surface area contributed by atoms with Crippen molar-refractivity contribution in [3.63, 3.8) is 0 Å². The summed E-state index contributed by atoms with van der Waals surface area (Å²) in [6.07, 6.45) is 0. The van der Waals surface area contributed by atoms with E-state index >= 15 is 0 Å². The molecular formula is C10H14ClNS. The molecule has 1 aliphatic rings. The molecule has 0 fully saturated rings. The molecule has 1 aliphatic heterocycles. The molecule has 0 saturated carbocycles. The maximum Gasteiger partial charge on any atom is 0.0219 e. The van der Waals surface area contributed by atoms with E-state index in [1.807, 2.05) is 11.8 Å². The Kier molecular flexibility index (Phi) is 4.10. The number of aryl methyl sites for hydroxylation is 1. The second-order valence-corrected chi connectivity index (χ2v) is 4.21. The maximum absolute atomic E-state index is 3.42. The molecule has 0 unspecified atom stereocenters. The van der Waals surface area contributed by atoms with E-state index in [4.69, 9.17) is 0 Å². The van der Waals surface area contributed by atoms with Gasteiger partial charge in [0, 0.05) is 23.7 Å². The van der Waals surface area contributed by atoms with Gasteiger partial charge in [0.05, 0.1) is 0 Å². The minimum absolute atomic E-state index is 0. The van der Waals surface area contributed by atoms with E-state index in [1.54, 1.807) is 0 Å². The zero-order chi connectivity index (χ0) is 8.39. The van der Waals surface area contributed by atoms with E-state index in [0.29, 0.717) is 0 Å². The first-order valence-electron chi connectivity index (χ1n) is 4.30. The van der Waals surface area contributed by atoms with Crippen LogP contribution in [0.2, 0.25) is 0 Å². The molecule has 0 aromatic heterocycles. The van der Waals surface area contributed by atoms with Gasteiger partial charge < -0.3 is 5.32 Å². The van der Waals surface area contributed by atoms with Gasteiger partial charge in [-0.3, -0.25) is 0 Å². The molecule has 0 saturated heterocycles. The highest BCUT2D eigenvalue weighted by molar-refractivity contribution is 7.99. The van der Waals surface area contributed by atoms with Crippen LogP contribution in [0.25, 0.3) is 0 Å². The van der Waals surface area contributed by atoms with Crippen molar-refractivity contribution in [2.45, 2.75) is 18.4 Å². The molecule has 1 nitrogen and oxygen atoms in total. The molecule has 0 aliphatic carbocycles. The molecule has 0 bridgehead atoms. The summed E-state index contributed by atoms with van der Waals surface area (Å²) in [5.41, 5.74) is 2.90.